The van der Waals surface area contributed by atoms with Crippen molar-refractivity contribution >= 4 is 11.9 Å². The fraction of sp³-hybridized carbons (Fsp3) is 0.744. The van der Waals surface area contributed by atoms with Gasteiger partial charge in [-0.3, -0.25) is 9.59 Å². The summed E-state index contributed by atoms with van der Waals surface area (Å²) in [6.45, 7) is 5.14. The highest BCUT2D eigenvalue weighted by Crippen LogP contribution is 2.10. The highest BCUT2D eigenvalue weighted by molar-refractivity contribution is 5.69. The molecule has 0 heterocycles. The van der Waals surface area contributed by atoms with Crippen LogP contribution in [0.1, 0.15) is 174 Å². The summed E-state index contributed by atoms with van der Waals surface area (Å²) < 4.78 is 10.5. The van der Waals surface area contributed by atoms with Crippen molar-refractivity contribution < 1.29 is 19.1 Å². The molecule has 0 aromatic heterocycles. The maximum absolute atomic E-state index is 11.9. The van der Waals surface area contributed by atoms with Crippen LogP contribution in [0.5, 0.6) is 0 Å². The molecule has 0 fully saturated rings. The summed E-state index contributed by atoms with van der Waals surface area (Å²) in [6.07, 6.45) is 45.7. The number of esters is 2. The number of unbranched alkanes of at least 4 members (excludes halogenated alkanes) is 16. The fourth-order valence-corrected chi connectivity index (χ4v) is 4.74. The predicted molar refractivity (Wildman–Crippen MR) is 185 cm³/mol. The molecule has 0 aliphatic heterocycles. The van der Waals surface area contributed by atoms with E-state index in [0.29, 0.717) is 32.5 Å². The Labute approximate surface area is 266 Å². The first-order valence-corrected chi connectivity index (χ1v) is 18.1. The van der Waals surface area contributed by atoms with Crippen LogP contribution in [-0.2, 0) is 19.1 Å². The van der Waals surface area contributed by atoms with Crippen LogP contribution in [0.4, 0.5) is 0 Å². The lowest BCUT2D eigenvalue weighted by atomic mass is 10.1. The second-order valence-corrected chi connectivity index (χ2v) is 11.8. The van der Waals surface area contributed by atoms with Gasteiger partial charge in [0, 0.05) is 19.3 Å². The summed E-state index contributed by atoms with van der Waals surface area (Å²) in [5, 5.41) is 0. The Balaban J connectivity index is 3.41. The smallest absolute Gasteiger partial charge is 0.305 e. The van der Waals surface area contributed by atoms with Crippen LogP contribution < -0.4 is 0 Å². The normalized spacial score (nSPS) is 12.0. The molecule has 0 bridgehead atoms. The quantitative estimate of drug-likeness (QED) is 0.0438. The monoisotopic (exact) mass is 601 g/mol. The molecule has 4 nitrogen and oxygen atoms in total. The summed E-state index contributed by atoms with van der Waals surface area (Å²) in [7, 11) is 0. The number of carbonyl (C=O) groups excluding carboxylic acids is 2. The van der Waals surface area contributed by atoms with Crippen molar-refractivity contribution in [2.45, 2.75) is 174 Å². The van der Waals surface area contributed by atoms with E-state index in [-0.39, 0.29) is 11.9 Å². The average Bonchev–Trinajstić information content (AvgIpc) is 3.00. The minimum atomic E-state index is -0.158. The largest absolute Gasteiger partial charge is 0.466 e. The van der Waals surface area contributed by atoms with E-state index in [1.807, 2.05) is 0 Å². The van der Waals surface area contributed by atoms with Crippen LogP contribution in [0, 0.1) is 0 Å². The van der Waals surface area contributed by atoms with Crippen molar-refractivity contribution in [1.29, 1.82) is 0 Å². The van der Waals surface area contributed by atoms with Crippen LogP contribution in [0.2, 0.25) is 0 Å². The molecule has 0 saturated carbocycles. The molecular weight excluding hydrogens is 532 g/mol. The molecule has 4 heteroatoms. The molecule has 0 aliphatic rings. The third-order valence-electron chi connectivity index (χ3n) is 7.48. The lowest BCUT2D eigenvalue weighted by molar-refractivity contribution is -0.146. The number of ether oxygens (including phenoxy) is 2. The zero-order chi connectivity index (χ0) is 31.3. The van der Waals surface area contributed by atoms with Crippen molar-refractivity contribution in [3.8, 4) is 0 Å². The summed E-state index contributed by atoms with van der Waals surface area (Å²) in [4.78, 5) is 23.8. The van der Waals surface area contributed by atoms with E-state index in [4.69, 9.17) is 9.47 Å². The maximum atomic E-state index is 11.9. The minimum absolute atomic E-state index is 0.137. The van der Waals surface area contributed by atoms with E-state index in [1.165, 1.54) is 96.3 Å². The molecule has 0 saturated heterocycles. The van der Waals surface area contributed by atoms with E-state index in [9.17, 15) is 9.59 Å². The number of carbonyl (C=O) groups is 2. The Morgan fingerprint density at radius 3 is 1.23 bits per heavy atom. The van der Waals surface area contributed by atoms with E-state index < -0.39 is 0 Å². The maximum Gasteiger partial charge on any atom is 0.305 e. The molecule has 0 radical (unpaired) electrons. The molecular formula is C39H68O4. The topological polar surface area (TPSA) is 52.6 Å². The Morgan fingerprint density at radius 2 is 0.721 bits per heavy atom. The molecule has 0 unspecified atom stereocenters. The Bertz CT molecular complexity index is 719. The van der Waals surface area contributed by atoms with Gasteiger partial charge in [-0.25, -0.2) is 0 Å². The highest BCUT2D eigenvalue weighted by Gasteiger charge is 2.05. The van der Waals surface area contributed by atoms with Gasteiger partial charge < -0.3 is 9.47 Å². The lowest BCUT2D eigenvalue weighted by Gasteiger charge is -2.06. The zero-order valence-electron chi connectivity index (χ0n) is 28.3. The van der Waals surface area contributed by atoms with Crippen LogP contribution in [0.15, 0.2) is 48.6 Å². The van der Waals surface area contributed by atoms with Gasteiger partial charge in [0.1, 0.15) is 0 Å². The van der Waals surface area contributed by atoms with Crippen LogP contribution in [0.3, 0.4) is 0 Å². The van der Waals surface area contributed by atoms with Crippen molar-refractivity contribution in [2.24, 2.45) is 0 Å². The van der Waals surface area contributed by atoms with Gasteiger partial charge >= 0.3 is 11.9 Å². The highest BCUT2D eigenvalue weighted by atomic mass is 16.5. The van der Waals surface area contributed by atoms with Gasteiger partial charge in [0.25, 0.3) is 0 Å². The van der Waals surface area contributed by atoms with Crippen molar-refractivity contribution in [3.05, 3.63) is 48.6 Å². The molecule has 0 atom stereocenters. The Hall–Kier alpha value is -2.10. The molecule has 0 spiro atoms. The van der Waals surface area contributed by atoms with Gasteiger partial charge in [0.2, 0.25) is 0 Å². The number of rotatable bonds is 32. The van der Waals surface area contributed by atoms with Crippen molar-refractivity contribution in [1.82, 2.24) is 0 Å². The summed E-state index contributed by atoms with van der Waals surface area (Å²) in [5.74, 6) is -0.295. The molecule has 0 aromatic carbocycles. The first-order chi connectivity index (χ1) is 21.2. The van der Waals surface area contributed by atoms with Gasteiger partial charge in [-0.15, -0.1) is 0 Å². The predicted octanol–water partition coefficient (Wildman–Crippen LogP) is 12.1. The molecule has 0 aliphatic carbocycles. The molecule has 0 aromatic rings. The van der Waals surface area contributed by atoms with Gasteiger partial charge in [0.15, 0.2) is 0 Å². The van der Waals surface area contributed by atoms with E-state index in [0.717, 1.165) is 44.9 Å². The zero-order valence-corrected chi connectivity index (χ0v) is 28.3. The van der Waals surface area contributed by atoms with Gasteiger partial charge in [-0.2, -0.15) is 0 Å². The summed E-state index contributed by atoms with van der Waals surface area (Å²) in [5.41, 5.74) is 0. The van der Waals surface area contributed by atoms with Gasteiger partial charge in [-0.05, 0) is 77.0 Å². The second kappa shape index (κ2) is 36.1. The summed E-state index contributed by atoms with van der Waals surface area (Å²) >= 11 is 0. The third-order valence-corrected chi connectivity index (χ3v) is 7.48. The Kier molecular flexibility index (Phi) is 34.3. The summed E-state index contributed by atoms with van der Waals surface area (Å²) in [6, 6.07) is 0. The second-order valence-electron chi connectivity index (χ2n) is 11.8. The standard InChI is InChI=1S/C39H68O4/c1-3-5-7-9-11-13-15-17-19-21-23-25-27-29-31-34-38(40)42-36-33-37-43-39(41)35-32-30-28-26-24-22-20-18-16-14-12-10-8-6-4-2/h11,13,17-20,23,25H,3-10,12,14-16,21-22,24,26-37H2,1-2H3/b13-11-,19-17-,20-18-,25-23-. The van der Waals surface area contributed by atoms with Crippen LogP contribution >= 0.6 is 0 Å². The van der Waals surface area contributed by atoms with E-state index in [2.05, 4.69) is 62.5 Å². The van der Waals surface area contributed by atoms with Crippen molar-refractivity contribution in [3.63, 3.8) is 0 Å². The SMILES string of the molecule is CCCCC/C=C\C/C=C\C/C=C\CCCCC(=O)OCCCOC(=O)CCCCCCC/C=C\CCCCCCCC. The fourth-order valence-electron chi connectivity index (χ4n) is 4.74. The third kappa shape index (κ3) is 36.0. The first-order valence-electron chi connectivity index (χ1n) is 18.1. The molecule has 43 heavy (non-hydrogen) atoms. The lowest BCUT2D eigenvalue weighted by Crippen LogP contribution is -2.10. The number of hydrogen-bond acceptors (Lipinski definition) is 4. The molecule has 248 valence electrons. The van der Waals surface area contributed by atoms with Gasteiger partial charge in [0.05, 0.1) is 13.2 Å². The van der Waals surface area contributed by atoms with E-state index >= 15 is 0 Å². The van der Waals surface area contributed by atoms with E-state index in [1.54, 1.807) is 0 Å². The molecule has 0 rings (SSSR count). The number of allylic oxidation sites excluding steroid dienone is 8. The molecule has 0 amide bonds. The van der Waals surface area contributed by atoms with Crippen molar-refractivity contribution in [2.75, 3.05) is 13.2 Å². The minimum Gasteiger partial charge on any atom is -0.466 e. The van der Waals surface area contributed by atoms with Gasteiger partial charge in [-0.1, -0.05) is 127 Å². The number of hydrogen-bond donors (Lipinski definition) is 0. The average molecular weight is 601 g/mol. The first kappa shape index (κ1) is 40.9. The van der Waals surface area contributed by atoms with Crippen LogP contribution in [0.25, 0.3) is 0 Å². The van der Waals surface area contributed by atoms with Crippen LogP contribution in [-0.4, -0.2) is 25.2 Å². The molecule has 0 N–H and O–H groups in total. The Morgan fingerprint density at radius 1 is 0.395 bits per heavy atom.